The number of carbonyl (C=O) groups is 2. The van der Waals surface area contributed by atoms with E-state index in [4.69, 9.17) is 15.3 Å². The summed E-state index contributed by atoms with van der Waals surface area (Å²) in [6, 6.07) is 14.1. The van der Waals surface area contributed by atoms with E-state index in [1.165, 1.54) is 12.1 Å². The summed E-state index contributed by atoms with van der Waals surface area (Å²) in [6.45, 7) is 0. The van der Waals surface area contributed by atoms with Crippen molar-refractivity contribution in [3.63, 3.8) is 0 Å². The monoisotopic (exact) mass is 324 g/mol. The Balaban J connectivity index is 0.000000345. The van der Waals surface area contributed by atoms with Gasteiger partial charge in [0.1, 0.15) is 11.3 Å². The summed E-state index contributed by atoms with van der Waals surface area (Å²) in [5.41, 5.74) is 0.264. The van der Waals surface area contributed by atoms with E-state index in [0.29, 0.717) is 5.56 Å². The van der Waals surface area contributed by atoms with Crippen molar-refractivity contribution in [2.45, 2.75) is 0 Å². The van der Waals surface area contributed by atoms with Gasteiger partial charge in [-0.05, 0) is 24.3 Å². The molecule has 2 aromatic rings. The van der Waals surface area contributed by atoms with Crippen molar-refractivity contribution in [2.24, 2.45) is 0 Å². The molecule has 0 saturated heterocycles. The molecule has 0 aliphatic rings. The Kier molecular flexibility index (Phi) is 7.86. The van der Waals surface area contributed by atoms with Gasteiger partial charge in [0.05, 0.1) is 5.56 Å². The predicted molar refractivity (Wildman–Crippen MR) is 68.5 cm³/mol. The van der Waals surface area contributed by atoms with Gasteiger partial charge in [-0.3, -0.25) is 0 Å². The maximum atomic E-state index is 10.3. The number of phenols is 1. The normalized spacial score (nSPS) is 8.60. The first kappa shape index (κ1) is 17.8. The molecule has 2 rings (SSSR count). The van der Waals surface area contributed by atoms with Gasteiger partial charge in [-0.2, -0.15) is 0 Å². The Morgan fingerprint density at radius 1 is 0.750 bits per heavy atom. The van der Waals surface area contributed by atoms with Crippen LogP contribution in [0.15, 0.2) is 54.6 Å². The zero-order valence-electron chi connectivity index (χ0n) is 10.6. The van der Waals surface area contributed by atoms with Crippen LogP contribution < -0.4 is 0 Å². The van der Waals surface area contributed by atoms with Gasteiger partial charge in [0.25, 0.3) is 0 Å². The molecule has 3 N–H and O–H groups in total. The minimum absolute atomic E-state index is 0. The van der Waals surface area contributed by atoms with Crippen LogP contribution >= 0.6 is 0 Å². The number of aromatic hydroxyl groups is 1. The van der Waals surface area contributed by atoms with Gasteiger partial charge in [-0.1, -0.05) is 30.3 Å². The predicted octanol–water partition coefficient (Wildman–Crippen LogP) is 2.47. The Morgan fingerprint density at radius 3 is 1.60 bits per heavy atom. The van der Waals surface area contributed by atoms with E-state index in [2.05, 4.69) is 0 Å². The number of carboxylic acids is 2. The fourth-order valence-corrected chi connectivity index (χ4v) is 1.24. The van der Waals surface area contributed by atoms with Crippen molar-refractivity contribution in [3.05, 3.63) is 65.7 Å². The summed E-state index contributed by atoms with van der Waals surface area (Å²) in [5.74, 6) is -2.19. The second-order valence-electron chi connectivity index (χ2n) is 3.49. The van der Waals surface area contributed by atoms with Crippen LogP contribution in [0.3, 0.4) is 0 Å². The third-order valence-electron chi connectivity index (χ3n) is 2.16. The molecule has 2 aromatic carbocycles. The maximum Gasteiger partial charge on any atom is 0.339 e. The molecule has 0 aliphatic heterocycles. The average Bonchev–Trinajstić information content (AvgIpc) is 2.40. The molecular formula is C14H12O5Zn. The van der Waals surface area contributed by atoms with E-state index in [1.807, 2.05) is 0 Å². The van der Waals surface area contributed by atoms with Crippen LogP contribution in [0.1, 0.15) is 20.7 Å². The van der Waals surface area contributed by atoms with Crippen LogP contribution in [0.5, 0.6) is 5.75 Å². The fourth-order valence-electron chi connectivity index (χ4n) is 1.24. The Labute approximate surface area is 128 Å². The molecule has 100 valence electrons. The molecule has 5 nitrogen and oxygen atoms in total. The largest absolute Gasteiger partial charge is 0.507 e. The molecule has 0 heterocycles. The number of rotatable bonds is 2. The molecule has 0 aliphatic carbocycles. The summed E-state index contributed by atoms with van der Waals surface area (Å²) in [4.78, 5) is 20.5. The quantitative estimate of drug-likeness (QED) is 0.737. The second-order valence-corrected chi connectivity index (χ2v) is 3.49. The van der Waals surface area contributed by atoms with Crippen molar-refractivity contribution in [3.8, 4) is 5.75 Å². The first-order valence-electron chi connectivity index (χ1n) is 5.32. The van der Waals surface area contributed by atoms with Gasteiger partial charge >= 0.3 is 11.9 Å². The number of aromatic carboxylic acids is 2. The first-order valence-corrected chi connectivity index (χ1v) is 5.32. The molecule has 0 radical (unpaired) electrons. The van der Waals surface area contributed by atoms with E-state index in [0.717, 1.165) is 0 Å². The molecular weight excluding hydrogens is 314 g/mol. The number of carboxylic acid groups (broad SMARTS) is 2. The topological polar surface area (TPSA) is 94.8 Å². The number of para-hydroxylation sites is 1. The SMILES string of the molecule is O=C(O)c1ccccc1.O=C(O)c1ccccc1O.[Zn]. The molecule has 20 heavy (non-hydrogen) atoms. The van der Waals surface area contributed by atoms with Crippen LogP contribution in [-0.2, 0) is 19.5 Å². The van der Waals surface area contributed by atoms with Crippen molar-refractivity contribution < 1.29 is 44.4 Å². The molecule has 6 heteroatoms. The third kappa shape index (κ3) is 5.63. The second kappa shape index (κ2) is 8.83. The maximum absolute atomic E-state index is 10.3. The van der Waals surface area contributed by atoms with E-state index in [9.17, 15) is 9.59 Å². The summed E-state index contributed by atoms with van der Waals surface area (Å²) in [7, 11) is 0. The van der Waals surface area contributed by atoms with Crippen LogP contribution in [0, 0.1) is 0 Å². The zero-order valence-corrected chi connectivity index (χ0v) is 13.5. The summed E-state index contributed by atoms with van der Waals surface area (Å²) in [6.07, 6.45) is 0. The van der Waals surface area contributed by atoms with E-state index in [-0.39, 0.29) is 30.8 Å². The van der Waals surface area contributed by atoms with Gasteiger partial charge in [0.2, 0.25) is 0 Å². The van der Waals surface area contributed by atoms with Crippen LogP contribution in [-0.4, -0.2) is 27.3 Å². The van der Waals surface area contributed by atoms with Crippen LogP contribution in [0.4, 0.5) is 0 Å². The van der Waals surface area contributed by atoms with Crippen molar-refractivity contribution in [1.82, 2.24) is 0 Å². The molecule has 0 bridgehead atoms. The molecule has 0 amide bonds. The fraction of sp³-hybridized carbons (Fsp3) is 0. The van der Waals surface area contributed by atoms with Gasteiger partial charge in [-0.15, -0.1) is 0 Å². The van der Waals surface area contributed by atoms with Crippen molar-refractivity contribution in [1.29, 1.82) is 0 Å². The minimum Gasteiger partial charge on any atom is -0.507 e. The molecule has 0 spiro atoms. The summed E-state index contributed by atoms with van der Waals surface area (Å²) < 4.78 is 0. The third-order valence-corrected chi connectivity index (χ3v) is 2.16. The first-order chi connectivity index (χ1) is 9.02. The molecule has 0 fully saturated rings. The van der Waals surface area contributed by atoms with E-state index >= 15 is 0 Å². The zero-order chi connectivity index (χ0) is 14.3. The van der Waals surface area contributed by atoms with Gasteiger partial charge in [0, 0.05) is 19.5 Å². The van der Waals surface area contributed by atoms with Crippen molar-refractivity contribution >= 4 is 11.9 Å². The van der Waals surface area contributed by atoms with Gasteiger partial charge in [0.15, 0.2) is 0 Å². The molecule has 0 unspecified atom stereocenters. The number of benzene rings is 2. The van der Waals surface area contributed by atoms with E-state index in [1.54, 1.807) is 42.5 Å². The van der Waals surface area contributed by atoms with Crippen molar-refractivity contribution in [2.75, 3.05) is 0 Å². The standard InChI is InChI=1S/C7H6O3.C7H6O2.Zn/c8-6-4-2-1-3-5(6)7(9)10;8-7(9)6-4-2-1-3-5-6;/h1-4,8H,(H,9,10);1-5H,(H,8,9);. The molecule has 0 aromatic heterocycles. The Bertz CT molecular complexity index is 569. The number of hydrogen-bond acceptors (Lipinski definition) is 3. The minimum atomic E-state index is -1.11. The van der Waals surface area contributed by atoms with Gasteiger partial charge in [-0.25, -0.2) is 9.59 Å². The average molecular weight is 326 g/mol. The number of hydrogen-bond donors (Lipinski definition) is 3. The summed E-state index contributed by atoms with van der Waals surface area (Å²) >= 11 is 0. The van der Waals surface area contributed by atoms with Crippen LogP contribution in [0.2, 0.25) is 0 Å². The van der Waals surface area contributed by atoms with E-state index < -0.39 is 11.9 Å². The Morgan fingerprint density at radius 2 is 1.25 bits per heavy atom. The summed E-state index contributed by atoms with van der Waals surface area (Å²) in [5, 5.41) is 25.7. The molecule has 0 saturated carbocycles. The molecule has 0 atom stereocenters. The van der Waals surface area contributed by atoms with Crippen LogP contribution in [0.25, 0.3) is 0 Å². The smallest absolute Gasteiger partial charge is 0.339 e. The Hall–Kier alpha value is -2.20. The van der Waals surface area contributed by atoms with Gasteiger partial charge < -0.3 is 15.3 Å².